The van der Waals surface area contributed by atoms with Gasteiger partial charge < -0.3 is 0 Å². The van der Waals surface area contributed by atoms with E-state index < -0.39 is 0 Å². The van der Waals surface area contributed by atoms with E-state index in [1.165, 1.54) is 11.1 Å². The zero-order chi connectivity index (χ0) is 20.8. The van der Waals surface area contributed by atoms with Gasteiger partial charge in [-0.25, -0.2) is 4.98 Å². The molecule has 3 heterocycles. The van der Waals surface area contributed by atoms with Crippen molar-refractivity contribution < 1.29 is 9.59 Å². The third-order valence-corrected chi connectivity index (χ3v) is 5.85. The molecule has 4 aromatic rings. The van der Waals surface area contributed by atoms with Crippen molar-refractivity contribution in [2.45, 2.75) is 20.3 Å². The van der Waals surface area contributed by atoms with Crippen LogP contribution in [0.4, 0.5) is 0 Å². The molecule has 2 amide bonds. The van der Waals surface area contributed by atoms with E-state index in [1.807, 2.05) is 62.4 Å². The number of aromatic amines is 1. The summed E-state index contributed by atoms with van der Waals surface area (Å²) in [6, 6.07) is 15.8. The first kappa shape index (κ1) is 18.2. The number of nitrogens with zero attached hydrogens (tertiary/aromatic N) is 3. The summed E-state index contributed by atoms with van der Waals surface area (Å²) in [6.07, 6.45) is 2.09. The van der Waals surface area contributed by atoms with Gasteiger partial charge in [-0.05, 0) is 37.0 Å². The standard InChI is InChI=1S/C24H20N4O2/c1-14-7-6-10-17(15(14)2)21-20-19-18(13-25-22(20)27-26-21)23(29)28(24(19)30)12-11-16-8-4-3-5-9-16/h3-10,13H,11-12H2,1-2H3,(H,25,26,27). The number of amides is 2. The molecule has 5 rings (SSSR count). The van der Waals surface area contributed by atoms with Crippen LogP contribution in [-0.4, -0.2) is 38.4 Å². The maximum Gasteiger partial charge on any atom is 0.263 e. The molecule has 0 saturated carbocycles. The number of carbonyl (C=O) groups is 2. The number of pyridine rings is 1. The van der Waals surface area contributed by atoms with Gasteiger partial charge in [-0.15, -0.1) is 0 Å². The van der Waals surface area contributed by atoms with Gasteiger partial charge in [-0.3, -0.25) is 19.6 Å². The molecule has 1 aliphatic heterocycles. The summed E-state index contributed by atoms with van der Waals surface area (Å²) < 4.78 is 0. The number of H-pyrrole nitrogens is 1. The van der Waals surface area contributed by atoms with Crippen LogP contribution in [0.3, 0.4) is 0 Å². The fraction of sp³-hybridized carbons (Fsp3) is 0.167. The van der Waals surface area contributed by atoms with Crippen molar-refractivity contribution in [2.75, 3.05) is 6.54 Å². The van der Waals surface area contributed by atoms with E-state index in [4.69, 9.17) is 0 Å². The van der Waals surface area contributed by atoms with Crippen LogP contribution >= 0.6 is 0 Å². The van der Waals surface area contributed by atoms with E-state index in [2.05, 4.69) is 15.2 Å². The molecule has 0 spiro atoms. The summed E-state index contributed by atoms with van der Waals surface area (Å²) in [7, 11) is 0. The second kappa shape index (κ2) is 6.91. The van der Waals surface area contributed by atoms with Gasteiger partial charge in [0.25, 0.3) is 11.8 Å². The zero-order valence-corrected chi connectivity index (χ0v) is 16.8. The smallest absolute Gasteiger partial charge is 0.263 e. The van der Waals surface area contributed by atoms with E-state index in [9.17, 15) is 9.59 Å². The first-order valence-corrected chi connectivity index (χ1v) is 9.90. The number of fused-ring (bicyclic) bond motifs is 3. The fourth-order valence-corrected chi connectivity index (χ4v) is 4.04. The van der Waals surface area contributed by atoms with Crippen molar-refractivity contribution in [1.29, 1.82) is 0 Å². The Labute approximate surface area is 173 Å². The maximum absolute atomic E-state index is 13.3. The molecule has 2 aromatic carbocycles. The topological polar surface area (TPSA) is 79.0 Å². The van der Waals surface area contributed by atoms with Crippen LogP contribution in [0.2, 0.25) is 0 Å². The second-order valence-corrected chi connectivity index (χ2v) is 7.59. The minimum absolute atomic E-state index is 0.286. The summed E-state index contributed by atoms with van der Waals surface area (Å²) in [6.45, 7) is 4.39. The van der Waals surface area contributed by atoms with Crippen LogP contribution in [0.15, 0.2) is 54.7 Å². The summed E-state index contributed by atoms with van der Waals surface area (Å²) >= 11 is 0. The summed E-state index contributed by atoms with van der Waals surface area (Å²) in [5.41, 5.74) is 6.13. The molecule has 0 fully saturated rings. The van der Waals surface area contributed by atoms with Crippen molar-refractivity contribution in [3.63, 3.8) is 0 Å². The fourth-order valence-electron chi connectivity index (χ4n) is 4.04. The Bertz CT molecular complexity index is 1310. The van der Waals surface area contributed by atoms with Gasteiger partial charge in [0.15, 0.2) is 5.65 Å². The van der Waals surface area contributed by atoms with Gasteiger partial charge in [-0.1, -0.05) is 48.5 Å². The average Bonchev–Trinajstić information content (AvgIpc) is 3.29. The molecule has 6 heteroatoms. The summed E-state index contributed by atoms with van der Waals surface area (Å²) in [5, 5.41) is 7.99. The predicted molar refractivity (Wildman–Crippen MR) is 114 cm³/mol. The molecular weight excluding hydrogens is 376 g/mol. The third-order valence-electron chi connectivity index (χ3n) is 5.85. The molecule has 0 atom stereocenters. The van der Waals surface area contributed by atoms with Crippen molar-refractivity contribution >= 4 is 22.8 Å². The Morgan fingerprint density at radius 3 is 2.53 bits per heavy atom. The van der Waals surface area contributed by atoms with Crippen LogP contribution in [0, 0.1) is 13.8 Å². The molecule has 1 N–H and O–H groups in total. The van der Waals surface area contributed by atoms with E-state index in [1.54, 1.807) is 0 Å². The molecule has 0 radical (unpaired) electrons. The number of aryl methyl sites for hydroxylation is 1. The van der Waals surface area contributed by atoms with E-state index >= 15 is 0 Å². The van der Waals surface area contributed by atoms with E-state index in [0.29, 0.717) is 40.8 Å². The molecule has 6 nitrogen and oxygen atoms in total. The third kappa shape index (κ3) is 2.72. The predicted octanol–water partition coefficient (Wildman–Crippen LogP) is 4.08. The molecule has 0 bridgehead atoms. The molecule has 0 unspecified atom stereocenters. The highest BCUT2D eigenvalue weighted by Crippen LogP contribution is 2.36. The Kier molecular flexibility index (Phi) is 4.20. The van der Waals surface area contributed by atoms with Gasteiger partial charge in [0.1, 0.15) is 5.69 Å². The molecule has 1 aliphatic rings. The number of rotatable bonds is 4. The number of imide groups is 1. The molecule has 30 heavy (non-hydrogen) atoms. The number of aromatic nitrogens is 3. The van der Waals surface area contributed by atoms with Crippen molar-refractivity contribution in [1.82, 2.24) is 20.1 Å². The van der Waals surface area contributed by atoms with Crippen LogP contribution in [0.1, 0.15) is 37.4 Å². The molecule has 2 aromatic heterocycles. The Hall–Kier alpha value is -3.80. The number of nitrogens with one attached hydrogen (secondary N) is 1. The zero-order valence-electron chi connectivity index (χ0n) is 16.8. The van der Waals surface area contributed by atoms with Crippen molar-refractivity contribution in [2.24, 2.45) is 0 Å². The van der Waals surface area contributed by atoms with Crippen LogP contribution in [0.25, 0.3) is 22.3 Å². The molecule has 0 saturated heterocycles. The van der Waals surface area contributed by atoms with Gasteiger partial charge in [-0.2, -0.15) is 5.10 Å². The monoisotopic (exact) mass is 396 g/mol. The van der Waals surface area contributed by atoms with Gasteiger partial charge in [0.05, 0.1) is 16.5 Å². The van der Waals surface area contributed by atoms with E-state index in [0.717, 1.165) is 22.3 Å². The molecule has 148 valence electrons. The SMILES string of the molecule is Cc1cccc(-c2n[nH]c3ncc4c(c23)C(=O)N(CCc2ccccc2)C4=O)c1C. The lowest BCUT2D eigenvalue weighted by atomic mass is 9.97. The van der Waals surface area contributed by atoms with Gasteiger partial charge in [0.2, 0.25) is 0 Å². The summed E-state index contributed by atoms with van der Waals surface area (Å²) in [5.74, 6) is -0.584. The maximum atomic E-state index is 13.3. The van der Waals surface area contributed by atoms with Crippen molar-refractivity contribution in [3.8, 4) is 11.3 Å². The van der Waals surface area contributed by atoms with E-state index in [-0.39, 0.29) is 11.8 Å². The summed E-state index contributed by atoms with van der Waals surface area (Å²) in [4.78, 5) is 32.0. The number of benzene rings is 2. The highest BCUT2D eigenvalue weighted by atomic mass is 16.2. The largest absolute Gasteiger partial charge is 0.274 e. The average molecular weight is 396 g/mol. The van der Waals surface area contributed by atoms with Gasteiger partial charge >= 0.3 is 0 Å². The first-order chi connectivity index (χ1) is 14.6. The normalized spacial score (nSPS) is 13.3. The number of carbonyl (C=O) groups excluding carboxylic acids is 2. The highest BCUT2D eigenvalue weighted by Gasteiger charge is 2.38. The van der Waals surface area contributed by atoms with Crippen LogP contribution in [0.5, 0.6) is 0 Å². The highest BCUT2D eigenvalue weighted by molar-refractivity contribution is 6.27. The quantitative estimate of drug-likeness (QED) is 0.527. The van der Waals surface area contributed by atoms with Crippen molar-refractivity contribution in [3.05, 3.63) is 82.5 Å². The van der Waals surface area contributed by atoms with Crippen LogP contribution in [-0.2, 0) is 6.42 Å². The lowest BCUT2D eigenvalue weighted by molar-refractivity contribution is 0.0656. The first-order valence-electron chi connectivity index (χ1n) is 9.90. The Morgan fingerprint density at radius 2 is 1.73 bits per heavy atom. The second-order valence-electron chi connectivity index (χ2n) is 7.59. The van der Waals surface area contributed by atoms with Crippen LogP contribution < -0.4 is 0 Å². The minimum atomic E-state index is -0.298. The van der Waals surface area contributed by atoms with Gasteiger partial charge in [0, 0.05) is 18.3 Å². The molecular formula is C24H20N4O2. The lowest BCUT2D eigenvalue weighted by Crippen LogP contribution is -2.31. The Balaban J connectivity index is 1.59. The Morgan fingerprint density at radius 1 is 0.933 bits per heavy atom. The number of hydrogen-bond donors (Lipinski definition) is 1. The number of hydrogen-bond acceptors (Lipinski definition) is 4. The lowest BCUT2D eigenvalue weighted by Gasteiger charge is -2.13. The molecule has 0 aliphatic carbocycles. The minimum Gasteiger partial charge on any atom is -0.274 e.